The van der Waals surface area contributed by atoms with Crippen molar-refractivity contribution in [1.29, 1.82) is 5.26 Å². The van der Waals surface area contributed by atoms with Gasteiger partial charge in [0.25, 0.3) is 11.8 Å². The average molecular weight is 584 g/mol. The van der Waals surface area contributed by atoms with E-state index in [1.54, 1.807) is 36.5 Å². The molecular weight excluding hydrogens is 561 g/mol. The summed E-state index contributed by atoms with van der Waals surface area (Å²) in [4.78, 5) is 27.9. The molecule has 3 N–H and O–H groups in total. The number of fused-ring (bicyclic) bond motifs is 1. The molecule has 2 unspecified atom stereocenters. The van der Waals surface area contributed by atoms with Gasteiger partial charge >= 0.3 is 0 Å². The van der Waals surface area contributed by atoms with Crippen LogP contribution in [0.25, 0.3) is 16.7 Å². The number of morpholine rings is 1. The Kier molecular flexibility index (Phi) is 6.98. The Morgan fingerprint density at radius 1 is 1.21 bits per heavy atom. The molecule has 15 heteroatoms. The number of aromatic nitrogens is 5. The van der Waals surface area contributed by atoms with E-state index in [4.69, 9.17) is 14.5 Å². The standard InChI is InChI=1S/C28H22FN9O5/c1-28(41,24-26(39)37(9-10-42-24)22-7-8-38(35-22)19-11-18(14-30)34-31-15-19)27(40)33-17-12-20(29)23-21(13-17)43-36-25(23)32-16-5-3-2-4-6-16/h2-8,11-13,15,24,41H,9-10H2,1H3,(H,32,36)(H,33,40). The van der Waals surface area contributed by atoms with Gasteiger partial charge < -0.3 is 25.0 Å². The van der Waals surface area contributed by atoms with Crippen LogP contribution >= 0.6 is 0 Å². The minimum Gasteiger partial charge on any atom is -0.377 e. The van der Waals surface area contributed by atoms with Crippen LogP contribution in [0.2, 0.25) is 0 Å². The average Bonchev–Trinajstić information content (AvgIpc) is 3.66. The second-order valence-electron chi connectivity index (χ2n) is 9.73. The Morgan fingerprint density at radius 3 is 2.81 bits per heavy atom. The van der Waals surface area contributed by atoms with Crippen molar-refractivity contribution in [3.63, 3.8) is 0 Å². The van der Waals surface area contributed by atoms with E-state index < -0.39 is 29.3 Å². The van der Waals surface area contributed by atoms with Crippen molar-refractivity contribution < 1.29 is 28.3 Å². The molecule has 0 radical (unpaired) electrons. The van der Waals surface area contributed by atoms with Crippen molar-refractivity contribution in [2.24, 2.45) is 0 Å². The van der Waals surface area contributed by atoms with Gasteiger partial charge in [-0.2, -0.15) is 10.4 Å². The zero-order valence-corrected chi connectivity index (χ0v) is 22.4. The predicted molar refractivity (Wildman–Crippen MR) is 149 cm³/mol. The van der Waals surface area contributed by atoms with Crippen LogP contribution < -0.4 is 15.5 Å². The van der Waals surface area contributed by atoms with Crippen molar-refractivity contribution in [3.05, 3.63) is 78.5 Å². The maximum atomic E-state index is 15.1. The highest BCUT2D eigenvalue weighted by molar-refractivity contribution is 6.06. The number of anilines is 4. The summed E-state index contributed by atoms with van der Waals surface area (Å²) in [6.45, 7) is 1.23. The number of aliphatic hydroxyl groups is 1. The SMILES string of the molecule is CC(O)(C(=O)Nc1cc(F)c2c(Nc3ccccc3)noc2c1)C1OCCN(c2ccn(-c3cnnc(C#N)c3)n2)C1=O. The summed E-state index contributed by atoms with van der Waals surface area (Å²) in [6, 6.07) is 16.3. The van der Waals surface area contributed by atoms with E-state index >= 15 is 4.39 Å². The quantitative estimate of drug-likeness (QED) is 0.256. The summed E-state index contributed by atoms with van der Waals surface area (Å²) in [7, 11) is 0. The molecule has 1 aliphatic rings. The first-order valence-electron chi connectivity index (χ1n) is 12.9. The monoisotopic (exact) mass is 583 g/mol. The van der Waals surface area contributed by atoms with Crippen LogP contribution in [-0.4, -0.2) is 66.9 Å². The number of benzene rings is 2. The first-order valence-corrected chi connectivity index (χ1v) is 12.9. The second-order valence-corrected chi connectivity index (χ2v) is 9.73. The summed E-state index contributed by atoms with van der Waals surface area (Å²) in [5, 5.41) is 41.5. The lowest BCUT2D eigenvalue weighted by Crippen LogP contribution is -2.61. The molecule has 0 spiro atoms. The molecule has 0 aliphatic carbocycles. The smallest absolute Gasteiger partial charge is 0.260 e. The molecule has 14 nitrogen and oxygen atoms in total. The summed E-state index contributed by atoms with van der Waals surface area (Å²) in [6.07, 6.45) is 1.36. The number of nitrogens with zero attached hydrogens (tertiary/aromatic N) is 7. The fourth-order valence-corrected chi connectivity index (χ4v) is 4.57. The molecule has 2 aromatic carbocycles. The summed E-state index contributed by atoms with van der Waals surface area (Å²) < 4.78 is 27.4. The Labute approximate surface area is 242 Å². The third-order valence-electron chi connectivity index (χ3n) is 6.75. The topological polar surface area (TPSA) is 184 Å². The first-order chi connectivity index (χ1) is 20.7. The maximum Gasteiger partial charge on any atom is 0.260 e. The van der Waals surface area contributed by atoms with Gasteiger partial charge in [0.15, 0.2) is 34.6 Å². The van der Waals surface area contributed by atoms with Gasteiger partial charge in [0, 0.05) is 35.8 Å². The number of hydrogen-bond acceptors (Lipinski definition) is 11. The fourth-order valence-electron chi connectivity index (χ4n) is 4.57. The van der Waals surface area contributed by atoms with Crippen LogP contribution in [0, 0.1) is 17.1 Å². The molecular formula is C28H22FN9O5. The number of carbonyl (C=O) groups excluding carboxylic acids is 2. The van der Waals surface area contributed by atoms with Crippen LogP contribution in [0.5, 0.6) is 0 Å². The van der Waals surface area contributed by atoms with Gasteiger partial charge in [-0.25, -0.2) is 9.07 Å². The number of amides is 2. The lowest BCUT2D eigenvalue weighted by molar-refractivity contribution is -0.165. The molecule has 43 heavy (non-hydrogen) atoms. The first kappa shape index (κ1) is 27.4. The lowest BCUT2D eigenvalue weighted by atomic mass is 9.95. The largest absolute Gasteiger partial charge is 0.377 e. The molecule has 3 aromatic heterocycles. The highest BCUT2D eigenvalue weighted by Gasteiger charge is 2.49. The van der Waals surface area contributed by atoms with Crippen molar-refractivity contribution in [1.82, 2.24) is 25.1 Å². The second kappa shape index (κ2) is 10.9. The number of halogens is 1. The van der Waals surface area contributed by atoms with Crippen LogP contribution in [0.15, 0.2) is 71.5 Å². The van der Waals surface area contributed by atoms with E-state index in [0.717, 1.165) is 13.0 Å². The van der Waals surface area contributed by atoms with E-state index in [1.165, 1.54) is 27.9 Å². The zero-order chi connectivity index (χ0) is 30.1. The number of nitriles is 1. The molecule has 0 saturated carbocycles. The highest BCUT2D eigenvalue weighted by Crippen LogP contribution is 2.32. The Balaban J connectivity index is 1.19. The highest BCUT2D eigenvalue weighted by atomic mass is 19.1. The van der Waals surface area contributed by atoms with Crippen molar-refractivity contribution in [2.75, 3.05) is 28.7 Å². The number of hydrogen-bond donors (Lipinski definition) is 3. The van der Waals surface area contributed by atoms with Gasteiger partial charge in [-0.15, -0.1) is 10.2 Å². The summed E-state index contributed by atoms with van der Waals surface area (Å²) >= 11 is 0. The molecule has 4 heterocycles. The van der Waals surface area contributed by atoms with Crippen molar-refractivity contribution in [2.45, 2.75) is 18.6 Å². The molecule has 2 amide bonds. The van der Waals surface area contributed by atoms with E-state index in [2.05, 4.69) is 31.1 Å². The van der Waals surface area contributed by atoms with Crippen LogP contribution in [0.3, 0.4) is 0 Å². The molecule has 6 rings (SSSR count). The van der Waals surface area contributed by atoms with E-state index in [0.29, 0.717) is 11.4 Å². The third-order valence-corrected chi connectivity index (χ3v) is 6.75. The number of carbonyl (C=O) groups is 2. The van der Waals surface area contributed by atoms with Crippen LogP contribution in [-0.2, 0) is 14.3 Å². The molecule has 216 valence electrons. The van der Waals surface area contributed by atoms with Gasteiger partial charge in [0.1, 0.15) is 17.3 Å². The Bertz CT molecular complexity index is 1880. The van der Waals surface area contributed by atoms with Gasteiger partial charge in [-0.3, -0.25) is 14.5 Å². The van der Waals surface area contributed by atoms with Crippen LogP contribution in [0.4, 0.5) is 27.4 Å². The minimum atomic E-state index is -2.36. The number of rotatable bonds is 7. The van der Waals surface area contributed by atoms with E-state index in [9.17, 15) is 14.7 Å². The van der Waals surface area contributed by atoms with Gasteiger partial charge in [0.2, 0.25) is 0 Å². The Hall–Kier alpha value is -5.72. The third kappa shape index (κ3) is 5.23. The predicted octanol–water partition coefficient (Wildman–Crippen LogP) is 2.68. The molecule has 2 atom stereocenters. The summed E-state index contributed by atoms with van der Waals surface area (Å²) in [5.41, 5.74) is -1.13. The number of para-hydroxylation sites is 1. The molecule has 1 aliphatic heterocycles. The normalized spacial score (nSPS) is 16.5. The number of ether oxygens (including phenoxy) is 1. The molecule has 1 fully saturated rings. The maximum absolute atomic E-state index is 15.1. The van der Waals surface area contributed by atoms with Crippen LogP contribution in [0.1, 0.15) is 12.6 Å². The molecule has 1 saturated heterocycles. The molecule has 0 bridgehead atoms. The Morgan fingerprint density at radius 2 is 2.02 bits per heavy atom. The van der Waals surface area contributed by atoms with Gasteiger partial charge in [-0.05, 0) is 25.1 Å². The summed E-state index contributed by atoms with van der Waals surface area (Å²) in [5.74, 6) is -2.08. The lowest BCUT2D eigenvalue weighted by Gasteiger charge is -2.37. The minimum absolute atomic E-state index is 0.00205. The van der Waals surface area contributed by atoms with Gasteiger partial charge in [-0.1, -0.05) is 23.4 Å². The van der Waals surface area contributed by atoms with E-state index in [-0.39, 0.29) is 47.1 Å². The van der Waals surface area contributed by atoms with Crippen molar-refractivity contribution in [3.8, 4) is 11.8 Å². The number of nitrogens with one attached hydrogen (secondary N) is 2. The fraction of sp³-hybridized carbons (Fsp3) is 0.179. The zero-order valence-electron chi connectivity index (χ0n) is 22.4. The van der Waals surface area contributed by atoms with Crippen molar-refractivity contribution >= 4 is 45.8 Å². The van der Waals surface area contributed by atoms with E-state index in [1.807, 2.05) is 12.1 Å². The molecule has 5 aromatic rings. The van der Waals surface area contributed by atoms with Gasteiger partial charge in [0.05, 0.1) is 25.0 Å².